The summed E-state index contributed by atoms with van der Waals surface area (Å²) in [4.78, 5) is 36.1. The quantitative estimate of drug-likeness (QED) is 0.800. The second kappa shape index (κ2) is 7.43. The Morgan fingerprint density at radius 3 is 2.24 bits per heavy atom. The molecule has 2 amide bonds. The van der Waals surface area contributed by atoms with Crippen molar-refractivity contribution in [2.45, 2.75) is 46.5 Å². The fourth-order valence-corrected chi connectivity index (χ4v) is 2.34. The molecule has 120 valence electrons. The molecule has 6 heteroatoms. The SMILES string of the molecule is CC(C)(C)C(=O)NCCC(=O)N1CCC(CC(=O)O)CC1. The van der Waals surface area contributed by atoms with Gasteiger partial charge in [-0.2, -0.15) is 0 Å². The van der Waals surface area contributed by atoms with Crippen LogP contribution in [-0.2, 0) is 14.4 Å². The van der Waals surface area contributed by atoms with E-state index in [0.717, 1.165) is 12.8 Å². The summed E-state index contributed by atoms with van der Waals surface area (Å²) in [6.07, 6.45) is 1.97. The number of piperidine rings is 1. The van der Waals surface area contributed by atoms with Gasteiger partial charge in [0.15, 0.2) is 0 Å². The molecule has 1 rings (SSSR count). The highest BCUT2D eigenvalue weighted by Crippen LogP contribution is 2.20. The van der Waals surface area contributed by atoms with Crippen molar-refractivity contribution in [3.05, 3.63) is 0 Å². The van der Waals surface area contributed by atoms with Crippen molar-refractivity contribution in [3.63, 3.8) is 0 Å². The van der Waals surface area contributed by atoms with Crippen LogP contribution in [0.1, 0.15) is 46.5 Å². The lowest BCUT2D eigenvalue weighted by molar-refractivity contribution is -0.138. The Balaban J connectivity index is 2.25. The molecule has 1 aliphatic rings. The molecular formula is C15H26N2O4. The second-order valence-electron chi connectivity index (χ2n) is 6.68. The Morgan fingerprint density at radius 1 is 1.19 bits per heavy atom. The molecule has 0 unspecified atom stereocenters. The highest BCUT2D eigenvalue weighted by atomic mass is 16.4. The number of carbonyl (C=O) groups is 3. The van der Waals surface area contributed by atoms with Crippen LogP contribution >= 0.6 is 0 Å². The van der Waals surface area contributed by atoms with Crippen molar-refractivity contribution in [3.8, 4) is 0 Å². The van der Waals surface area contributed by atoms with Crippen molar-refractivity contribution in [2.24, 2.45) is 11.3 Å². The lowest BCUT2D eigenvalue weighted by Crippen LogP contribution is -2.41. The van der Waals surface area contributed by atoms with Crippen LogP contribution < -0.4 is 5.32 Å². The first-order valence-corrected chi connectivity index (χ1v) is 7.48. The van der Waals surface area contributed by atoms with Crippen LogP contribution in [0, 0.1) is 11.3 Å². The van der Waals surface area contributed by atoms with Gasteiger partial charge in [0.1, 0.15) is 0 Å². The van der Waals surface area contributed by atoms with E-state index in [1.807, 2.05) is 20.8 Å². The zero-order chi connectivity index (χ0) is 16.0. The number of likely N-dealkylation sites (tertiary alicyclic amines) is 1. The van der Waals surface area contributed by atoms with E-state index >= 15 is 0 Å². The number of hydrogen-bond acceptors (Lipinski definition) is 3. The summed E-state index contributed by atoms with van der Waals surface area (Å²) >= 11 is 0. The largest absolute Gasteiger partial charge is 0.481 e. The molecular weight excluding hydrogens is 272 g/mol. The van der Waals surface area contributed by atoms with Gasteiger partial charge in [0.25, 0.3) is 0 Å². The zero-order valence-corrected chi connectivity index (χ0v) is 13.1. The molecule has 0 atom stereocenters. The molecule has 2 N–H and O–H groups in total. The minimum absolute atomic E-state index is 0.0259. The average molecular weight is 298 g/mol. The third-order valence-corrected chi connectivity index (χ3v) is 3.74. The summed E-state index contributed by atoms with van der Waals surface area (Å²) in [5, 5.41) is 11.5. The van der Waals surface area contributed by atoms with Gasteiger partial charge in [-0.1, -0.05) is 20.8 Å². The van der Waals surface area contributed by atoms with E-state index < -0.39 is 11.4 Å². The summed E-state index contributed by atoms with van der Waals surface area (Å²) in [5.41, 5.74) is -0.446. The van der Waals surface area contributed by atoms with Crippen LogP contribution in [0.3, 0.4) is 0 Å². The minimum Gasteiger partial charge on any atom is -0.481 e. The molecule has 0 spiro atoms. The molecule has 1 fully saturated rings. The molecule has 0 saturated carbocycles. The number of carboxylic acid groups (broad SMARTS) is 1. The monoisotopic (exact) mass is 298 g/mol. The Bertz CT molecular complexity index is 393. The Labute approximate surface area is 125 Å². The number of carbonyl (C=O) groups excluding carboxylic acids is 2. The summed E-state index contributed by atoms with van der Waals surface area (Å²) in [5.74, 6) is -0.634. The van der Waals surface area contributed by atoms with Crippen LogP contribution in [0.15, 0.2) is 0 Å². The molecule has 0 bridgehead atoms. The van der Waals surface area contributed by atoms with Crippen molar-refractivity contribution >= 4 is 17.8 Å². The van der Waals surface area contributed by atoms with Crippen LogP contribution in [0.4, 0.5) is 0 Å². The topological polar surface area (TPSA) is 86.7 Å². The van der Waals surface area contributed by atoms with E-state index in [4.69, 9.17) is 5.11 Å². The van der Waals surface area contributed by atoms with E-state index in [2.05, 4.69) is 5.32 Å². The number of aliphatic carboxylic acids is 1. The molecule has 1 heterocycles. The third-order valence-electron chi connectivity index (χ3n) is 3.74. The smallest absolute Gasteiger partial charge is 0.303 e. The minimum atomic E-state index is -0.773. The van der Waals surface area contributed by atoms with Crippen molar-refractivity contribution in [1.29, 1.82) is 0 Å². The summed E-state index contributed by atoms with van der Waals surface area (Å²) in [6, 6.07) is 0. The second-order valence-corrected chi connectivity index (χ2v) is 6.68. The number of amides is 2. The van der Waals surface area contributed by atoms with E-state index in [1.165, 1.54) is 0 Å². The lowest BCUT2D eigenvalue weighted by atomic mass is 9.93. The van der Waals surface area contributed by atoms with Gasteiger partial charge in [0.05, 0.1) is 0 Å². The molecule has 0 radical (unpaired) electrons. The van der Waals surface area contributed by atoms with Gasteiger partial charge in [-0.25, -0.2) is 0 Å². The summed E-state index contributed by atoms with van der Waals surface area (Å²) < 4.78 is 0. The number of nitrogens with zero attached hydrogens (tertiary/aromatic N) is 1. The lowest BCUT2D eigenvalue weighted by Gasteiger charge is -2.31. The maximum absolute atomic E-state index is 12.0. The van der Waals surface area contributed by atoms with Gasteiger partial charge in [0.2, 0.25) is 11.8 Å². The van der Waals surface area contributed by atoms with Gasteiger partial charge in [-0.05, 0) is 18.8 Å². The van der Waals surface area contributed by atoms with Gasteiger partial charge >= 0.3 is 5.97 Å². The van der Waals surface area contributed by atoms with Gasteiger partial charge in [0, 0.05) is 37.9 Å². The number of rotatable bonds is 5. The fraction of sp³-hybridized carbons (Fsp3) is 0.800. The molecule has 0 aromatic heterocycles. The molecule has 1 saturated heterocycles. The Kier molecular flexibility index (Phi) is 6.18. The maximum Gasteiger partial charge on any atom is 0.303 e. The fourth-order valence-electron chi connectivity index (χ4n) is 2.34. The van der Waals surface area contributed by atoms with E-state index in [9.17, 15) is 14.4 Å². The van der Waals surface area contributed by atoms with Crippen molar-refractivity contribution < 1.29 is 19.5 Å². The van der Waals surface area contributed by atoms with E-state index in [1.54, 1.807) is 4.90 Å². The van der Waals surface area contributed by atoms with Crippen molar-refractivity contribution in [1.82, 2.24) is 10.2 Å². The Hall–Kier alpha value is -1.59. The number of carboxylic acids is 1. The summed E-state index contributed by atoms with van der Waals surface area (Å²) in [6.45, 7) is 7.07. The molecule has 21 heavy (non-hydrogen) atoms. The number of nitrogens with one attached hydrogen (secondary N) is 1. The van der Waals surface area contributed by atoms with Crippen molar-refractivity contribution in [2.75, 3.05) is 19.6 Å². The molecule has 1 aliphatic heterocycles. The first-order chi connectivity index (χ1) is 9.70. The summed E-state index contributed by atoms with van der Waals surface area (Å²) in [7, 11) is 0. The standard InChI is InChI=1S/C15H26N2O4/c1-15(2,3)14(21)16-7-4-12(18)17-8-5-11(6-9-17)10-13(19)20/h11H,4-10H2,1-3H3,(H,16,21)(H,19,20). The van der Waals surface area contributed by atoms with Gasteiger partial charge < -0.3 is 15.3 Å². The number of hydrogen-bond donors (Lipinski definition) is 2. The highest BCUT2D eigenvalue weighted by Gasteiger charge is 2.25. The zero-order valence-electron chi connectivity index (χ0n) is 13.1. The predicted molar refractivity (Wildman–Crippen MR) is 78.6 cm³/mol. The van der Waals surface area contributed by atoms with E-state index in [0.29, 0.717) is 26.1 Å². The van der Waals surface area contributed by atoms with Crippen LogP contribution in [0.2, 0.25) is 0 Å². The molecule has 0 aromatic carbocycles. The maximum atomic E-state index is 12.0. The molecule has 0 aromatic rings. The molecule has 0 aliphatic carbocycles. The highest BCUT2D eigenvalue weighted by molar-refractivity contribution is 5.82. The predicted octanol–water partition coefficient (Wildman–Crippen LogP) is 1.25. The first kappa shape index (κ1) is 17.5. The van der Waals surface area contributed by atoms with Gasteiger partial charge in [-0.15, -0.1) is 0 Å². The average Bonchev–Trinajstić information content (AvgIpc) is 2.37. The Morgan fingerprint density at radius 2 is 1.76 bits per heavy atom. The van der Waals surface area contributed by atoms with Crippen LogP contribution in [-0.4, -0.2) is 47.4 Å². The van der Waals surface area contributed by atoms with Gasteiger partial charge in [-0.3, -0.25) is 14.4 Å². The van der Waals surface area contributed by atoms with Crippen LogP contribution in [0.5, 0.6) is 0 Å². The van der Waals surface area contributed by atoms with Crippen LogP contribution in [0.25, 0.3) is 0 Å². The third kappa shape index (κ3) is 6.14. The first-order valence-electron chi connectivity index (χ1n) is 7.48. The van der Waals surface area contributed by atoms with E-state index in [-0.39, 0.29) is 24.2 Å². The molecule has 6 nitrogen and oxygen atoms in total. The normalized spacial score (nSPS) is 16.6.